The first-order valence-corrected chi connectivity index (χ1v) is 6.64. The number of nitrogens with one attached hydrogen (secondary N) is 1. The van der Waals surface area contributed by atoms with Crippen molar-refractivity contribution in [3.8, 4) is 5.75 Å². The van der Waals surface area contributed by atoms with Crippen LogP contribution in [0.5, 0.6) is 5.75 Å². The molecule has 0 radical (unpaired) electrons. The molecule has 1 rings (SSSR count). The van der Waals surface area contributed by atoms with E-state index in [1.807, 2.05) is 13.0 Å². The molecule has 0 aliphatic heterocycles. The molecule has 100 valence electrons. The van der Waals surface area contributed by atoms with Gasteiger partial charge in [0.05, 0.1) is 0 Å². The smallest absolute Gasteiger partial charge is 0.246 e. The fourth-order valence-corrected chi connectivity index (χ4v) is 1.56. The number of amides is 1. The number of rotatable bonds is 5. The highest BCUT2D eigenvalue weighted by Gasteiger charge is 2.35. The lowest BCUT2D eigenvalue weighted by Crippen LogP contribution is -2.47. The summed E-state index contributed by atoms with van der Waals surface area (Å²) in [5.74, 6) is 0.301. The van der Waals surface area contributed by atoms with Gasteiger partial charge in [0.1, 0.15) is 5.75 Å². The fourth-order valence-electron chi connectivity index (χ4n) is 1.26. The zero-order valence-corrected chi connectivity index (χ0v) is 12.1. The predicted octanol–water partition coefficient (Wildman–Crippen LogP) is 3.68. The van der Waals surface area contributed by atoms with E-state index in [1.54, 1.807) is 24.3 Å². The summed E-state index contributed by atoms with van der Waals surface area (Å²) in [7, 11) is 0. The summed E-state index contributed by atoms with van der Waals surface area (Å²) in [5.41, 5.74) is 0. The summed E-state index contributed by atoms with van der Waals surface area (Å²) in [6.45, 7) is 1.89. The monoisotopic (exact) mass is 309 g/mol. The van der Waals surface area contributed by atoms with Crippen LogP contribution >= 0.6 is 34.8 Å². The average Bonchev–Trinajstić information content (AvgIpc) is 2.28. The Morgan fingerprint density at radius 2 is 1.94 bits per heavy atom. The van der Waals surface area contributed by atoms with E-state index in [1.165, 1.54) is 0 Å². The van der Waals surface area contributed by atoms with Crippen LogP contribution in [0.15, 0.2) is 30.3 Å². The number of halogens is 3. The minimum atomic E-state index is -1.74. The van der Waals surface area contributed by atoms with Crippen molar-refractivity contribution in [2.24, 2.45) is 0 Å². The molecule has 0 aromatic heterocycles. The lowest BCUT2D eigenvalue weighted by molar-refractivity contribution is -0.123. The van der Waals surface area contributed by atoms with Crippen LogP contribution in [0.25, 0.3) is 0 Å². The normalized spacial score (nSPS) is 12.9. The Labute approximate surface area is 121 Å². The summed E-state index contributed by atoms with van der Waals surface area (Å²) < 4.78 is 3.73. The Morgan fingerprint density at radius 1 is 1.33 bits per heavy atom. The SMILES string of the molecule is CCCC(=O)NC(Oc1ccccc1)C(Cl)(Cl)Cl. The van der Waals surface area contributed by atoms with Crippen molar-refractivity contribution < 1.29 is 9.53 Å². The van der Waals surface area contributed by atoms with Crippen molar-refractivity contribution in [3.63, 3.8) is 0 Å². The molecule has 3 nitrogen and oxygen atoms in total. The zero-order chi connectivity index (χ0) is 13.6. The molecule has 0 heterocycles. The van der Waals surface area contributed by atoms with Gasteiger partial charge in [0.2, 0.25) is 15.9 Å². The van der Waals surface area contributed by atoms with Gasteiger partial charge in [0, 0.05) is 6.42 Å². The van der Waals surface area contributed by atoms with Crippen molar-refractivity contribution in [3.05, 3.63) is 30.3 Å². The van der Waals surface area contributed by atoms with E-state index in [-0.39, 0.29) is 5.91 Å². The van der Waals surface area contributed by atoms with Crippen LogP contribution < -0.4 is 10.1 Å². The van der Waals surface area contributed by atoms with Gasteiger partial charge in [0.15, 0.2) is 0 Å². The van der Waals surface area contributed by atoms with Gasteiger partial charge in [-0.15, -0.1) is 0 Å². The molecule has 0 aliphatic carbocycles. The fraction of sp³-hybridized carbons (Fsp3) is 0.417. The van der Waals surface area contributed by atoms with E-state index in [0.29, 0.717) is 18.6 Å². The van der Waals surface area contributed by atoms with Gasteiger partial charge in [-0.05, 0) is 18.6 Å². The van der Waals surface area contributed by atoms with E-state index >= 15 is 0 Å². The molecule has 0 fully saturated rings. The van der Waals surface area contributed by atoms with Crippen LogP contribution in [-0.2, 0) is 4.79 Å². The molecule has 1 aromatic carbocycles. The van der Waals surface area contributed by atoms with Crippen LogP contribution in [0.3, 0.4) is 0 Å². The first-order valence-electron chi connectivity index (χ1n) is 5.51. The van der Waals surface area contributed by atoms with Crippen LogP contribution in [0, 0.1) is 0 Å². The summed E-state index contributed by atoms with van der Waals surface area (Å²) in [6.07, 6.45) is 0.0445. The maximum Gasteiger partial charge on any atom is 0.246 e. The molecular weight excluding hydrogens is 296 g/mol. The zero-order valence-electron chi connectivity index (χ0n) is 9.83. The van der Waals surface area contributed by atoms with Gasteiger partial charge >= 0.3 is 0 Å². The third-order valence-corrected chi connectivity index (χ3v) is 2.66. The van der Waals surface area contributed by atoms with Crippen molar-refractivity contribution in [2.75, 3.05) is 0 Å². The maximum atomic E-state index is 11.5. The van der Waals surface area contributed by atoms with E-state index < -0.39 is 10.0 Å². The molecule has 0 aliphatic rings. The summed E-state index contributed by atoms with van der Waals surface area (Å²) >= 11 is 17.4. The molecule has 0 saturated heterocycles. The van der Waals surface area contributed by atoms with Crippen LogP contribution in [-0.4, -0.2) is 15.9 Å². The average molecular weight is 311 g/mol. The number of para-hydroxylation sites is 1. The number of carbonyl (C=O) groups is 1. The number of carbonyl (C=O) groups excluding carboxylic acids is 1. The number of alkyl halides is 3. The third-order valence-electron chi connectivity index (χ3n) is 2.06. The number of hydrogen-bond acceptors (Lipinski definition) is 2. The van der Waals surface area contributed by atoms with Crippen LogP contribution in [0.1, 0.15) is 19.8 Å². The quantitative estimate of drug-likeness (QED) is 0.665. The molecular formula is C12H14Cl3NO2. The Kier molecular flexibility index (Phi) is 6.06. The van der Waals surface area contributed by atoms with E-state index in [2.05, 4.69) is 5.32 Å². The molecule has 6 heteroatoms. The molecule has 0 spiro atoms. The molecule has 1 amide bonds. The Balaban J connectivity index is 2.71. The molecule has 0 bridgehead atoms. The van der Waals surface area contributed by atoms with Gasteiger partial charge < -0.3 is 10.1 Å². The number of benzene rings is 1. The summed E-state index contributed by atoms with van der Waals surface area (Å²) in [4.78, 5) is 11.5. The third kappa shape index (κ3) is 5.34. The van der Waals surface area contributed by atoms with Gasteiger partial charge in [-0.25, -0.2) is 0 Å². The minimum absolute atomic E-state index is 0.218. The van der Waals surface area contributed by atoms with Crippen molar-refractivity contribution in [2.45, 2.75) is 29.8 Å². The van der Waals surface area contributed by atoms with Crippen molar-refractivity contribution >= 4 is 40.7 Å². The van der Waals surface area contributed by atoms with E-state index in [9.17, 15) is 4.79 Å². The van der Waals surface area contributed by atoms with Gasteiger partial charge in [-0.1, -0.05) is 59.9 Å². The Hall–Kier alpha value is -0.640. The lowest BCUT2D eigenvalue weighted by atomic mass is 10.3. The van der Waals surface area contributed by atoms with Crippen LogP contribution in [0.4, 0.5) is 0 Å². The first-order chi connectivity index (χ1) is 8.43. The van der Waals surface area contributed by atoms with E-state index in [4.69, 9.17) is 39.5 Å². The Morgan fingerprint density at radius 3 is 2.44 bits per heavy atom. The van der Waals surface area contributed by atoms with Gasteiger partial charge in [0.25, 0.3) is 0 Å². The summed E-state index contributed by atoms with van der Waals surface area (Å²) in [5, 5.41) is 2.55. The van der Waals surface area contributed by atoms with Crippen molar-refractivity contribution in [1.82, 2.24) is 5.32 Å². The highest BCUT2D eigenvalue weighted by molar-refractivity contribution is 6.68. The molecule has 18 heavy (non-hydrogen) atoms. The first kappa shape index (κ1) is 15.4. The predicted molar refractivity (Wildman–Crippen MR) is 74.2 cm³/mol. The number of hydrogen-bond donors (Lipinski definition) is 1. The lowest BCUT2D eigenvalue weighted by Gasteiger charge is -2.26. The number of ether oxygens (including phenoxy) is 1. The molecule has 1 unspecified atom stereocenters. The van der Waals surface area contributed by atoms with Crippen molar-refractivity contribution in [1.29, 1.82) is 0 Å². The highest BCUT2D eigenvalue weighted by Crippen LogP contribution is 2.31. The highest BCUT2D eigenvalue weighted by atomic mass is 35.6. The minimum Gasteiger partial charge on any atom is -0.466 e. The molecule has 0 saturated carbocycles. The molecule has 1 N–H and O–H groups in total. The van der Waals surface area contributed by atoms with Gasteiger partial charge in [-0.2, -0.15) is 0 Å². The second kappa shape index (κ2) is 7.07. The summed E-state index contributed by atoms with van der Waals surface area (Å²) in [6, 6.07) is 8.86. The topological polar surface area (TPSA) is 38.3 Å². The second-order valence-electron chi connectivity index (χ2n) is 3.67. The largest absolute Gasteiger partial charge is 0.466 e. The molecule has 1 aromatic rings. The standard InChI is InChI=1S/C12H14Cl3NO2/c1-2-6-10(17)16-11(12(13,14)15)18-9-7-4-3-5-8-9/h3-5,7-8,11H,2,6H2,1H3,(H,16,17). The Bertz CT molecular complexity index is 379. The maximum absolute atomic E-state index is 11.5. The molecule has 1 atom stereocenters. The van der Waals surface area contributed by atoms with Crippen LogP contribution in [0.2, 0.25) is 0 Å². The van der Waals surface area contributed by atoms with E-state index in [0.717, 1.165) is 0 Å². The van der Waals surface area contributed by atoms with Gasteiger partial charge in [-0.3, -0.25) is 4.79 Å². The second-order valence-corrected chi connectivity index (χ2v) is 6.04.